The van der Waals surface area contributed by atoms with Crippen molar-refractivity contribution in [2.75, 3.05) is 13.7 Å². The van der Waals surface area contributed by atoms with Gasteiger partial charge < -0.3 is 20.9 Å². The molecule has 0 spiro atoms. The van der Waals surface area contributed by atoms with Gasteiger partial charge in [0, 0.05) is 0 Å². The summed E-state index contributed by atoms with van der Waals surface area (Å²) < 4.78 is 18.7. The zero-order chi connectivity index (χ0) is 13.7. The Hall–Kier alpha value is -1.66. The van der Waals surface area contributed by atoms with Crippen LogP contribution in [0.2, 0.25) is 0 Å². The molecule has 0 bridgehead atoms. The first-order chi connectivity index (χ1) is 8.51. The first kappa shape index (κ1) is 14.4. The van der Waals surface area contributed by atoms with Gasteiger partial charge in [-0.3, -0.25) is 4.79 Å². The third kappa shape index (κ3) is 3.18. The van der Waals surface area contributed by atoms with Crippen LogP contribution < -0.4 is 15.8 Å². The maximum absolute atomic E-state index is 13.7. The number of hydrogen-bond donors (Lipinski definition) is 3. The topological polar surface area (TPSA) is 84.6 Å². The summed E-state index contributed by atoms with van der Waals surface area (Å²) in [6.45, 7) is 2.12. The van der Waals surface area contributed by atoms with E-state index < -0.39 is 23.9 Å². The fraction of sp³-hybridized carbons (Fsp3) is 0.417. The lowest BCUT2D eigenvalue weighted by Crippen LogP contribution is -2.42. The fourth-order valence-corrected chi connectivity index (χ4v) is 1.68. The number of carbonyl (C=O) groups is 1. The predicted octanol–water partition coefficient (Wildman–Crippen LogP) is 0.897. The number of nitrogens with two attached hydrogens (primary N) is 1. The second-order valence-corrected chi connectivity index (χ2v) is 3.75. The highest BCUT2D eigenvalue weighted by Crippen LogP contribution is 2.23. The Morgan fingerprint density at radius 1 is 1.61 bits per heavy atom. The lowest BCUT2D eigenvalue weighted by molar-refractivity contribution is -0.139. The Labute approximate surface area is 105 Å². The number of hydrogen-bond acceptors (Lipinski definition) is 4. The van der Waals surface area contributed by atoms with Gasteiger partial charge in [-0.15, -0.1) is 0 Å². The van der Waals surface area contributed by atoms with Gasteiger partial charge >= 0.3 is 5.97 Å². The fourth-order valence-electron chi connectivity index (χ4n) is 1.68. The lowest BCUT2D eigenvalue weighted by Gasteiger charge is -2.21. The van der Waals surface area contributed by atoms with Crippen LogP contribution in [0.3, 0.4) is 0 Å². The van der Waals surface area contributed by atoms with E-state index in [2.05, 4.69) is 5.32 Å². The average molecular weight is 256 g/mol. The first-order valence-electron chi connectivity index (χ1n) is 5.59. The van der Waals surface area contributed by atoms with Crippen LogP contribution in [-0.2, 0) is 4.79 Å². The van der Waals surface area contributed by atoms with Crippen molar-refractivity contribution in [3.05, 3.63) is 29.6 Å². The van der Waals surface area contributed by atoms with Crippen molar-refractivity contribution < 1.29 is 19.0 Å². The smallest absolute Gasteiger partial charge is 0.322 e. The number of likely N-dealkylation sites (N-methyl/N-ethyl adjacent to an activating group) is 1. The molecule has 0 heterocycles. The maximum atomic E-state index is 13.7. The summed E-state index contributed by atoms with van der Waals surface area (Å²) in [5.41, 5.74) is 6.00. The highest BCUT2D eigenvalue weighted by molar-refractivity contribution is 5.74. The van der Waals surface area contributed by atoms with Crippen LogP contribution in [0.1, 0.15) is 18.5 Å². The number of carboxylic acid groups (broad SMARTS) is 1. The summed E-state index contributed by atoms with van der Waals surface area (Å²) in [5.74, 6) is -1.55. The molecule has 100 valence electrons. The monoisotopic (exact) mass is 256 g/mol. The number of nitrogens with one attached hydrogen (secondary N) is 1. The van der Waals surface area contributed by atoms with Crippen LogP contribution in [0, 0.1) is 5.82 Å². The Balaban J connectivity index is 3.01. The van der Waals surface area contributed by atoms with Crippen molar-refractivity contribution in [1.82, 2.24) is 5.32 Å². The quantitative estimate of drug-likeness (QED) is 0.704. The summed E-state index contributed by atoms with van der Waals surface area (Å²) in [6, 6.07) is 2.49. The Morgan fingerprint density at radius 2 is 2.28 bits per heavy atom. The van der Waals surface area contributed by atoms with Gasteiger partial charge in [0.25, 0.3) is 0 Å². The van der Waals surface area contributed by atoms with Crippen LogP contribution >= 0.6 is 0 Å². The van der Waals surface area contributed by atoms with E-state index in [0.717, 1.165) is 0 Å². The normalized spacial score (nSPS) is 14.0. The highest BCUT2D eigenvalue weighted by Gasteiger charge is 2.25. The molecule has 2 atom stereocenters. The summed E-state index contributed by atoms with van der Waals surface area (Å²) in [4.78, 5) is 10.8. The van der Waals surface area contributed by atoms with Gasteiger partial charge in [-0.1, -0.05) is 6.07 Å². The van der Waals surface area contributed by atoms with Crippen LogP contribution in [-0.4, -0.2) is 30.8 Å². The van der Waals surface area contributed by atoms with Crippen LogP contribution in [0.25, 0.3) is 0 Å². The molecule has 0 aliphatic rings. The molecule has 4 N–H and O–H groups in total. The second-order valence-electron chi connectivity index (χ2n) is 3.75. The largest absolute Gasteiger partial charge is 0.491 e. The van der Waals surface area contributed by atoms with Crippen molar-refractivity contribution in [3.63, 3.8) is 0 Å². The number of benzene rings is 1. The van der Waals surface area contributed by atoms with E-state index in [1.165, 1.54) is 12.1 Å². The van der Waals surface area contributed by atoms with E-state index in [1.54, 1.807) is 20.0 Å². The third-order valence-corrected chi connectivity index (χ3v) is 2.57. The van der Waals surface area contributed by atoms with Crippen LogP contribution in [0.15, 0.2) is 18.2 Å². The summed E-state index contributed by atoms with van der Waals surface area (Å²) in [6.07, 6.45) is 0. The molecular weight excluding hydrogens is 239 g/mol. The van der Waals surface area contributed by atoms with E-state index in [0.29, 0.717) is 12.2 Å². The second kappa shape index (κ2) is 6.32. The van der Waals surface area contributed by atoms with Crippen molar-refractivity contribution in [2.45, 2.75) is 19.0 Å². The molecule has 0 radical (unpaired) electrons. The molecule has 1 aromatic rings. The number of carboxylic acids is 1. The minimum Gasteiger partial charge on any atom is -0.491 e. The van der Waals surface area contributed by atoms with Crippen LogP contribution in [0.4, 0.5) is 4.39 Å². The summed E-state index contributed by atoms with van der Waals surface area (Å²) in [7, 11) is 1.57. The first-order valence-corrected chi connectivity index (χ1v) is 5.59. The zero-order valence-corrected chi connectivity index (χ0v) is 10.3. The molecule has 0 aliphatic carbocycles. The molecule has 18 heavy (non-hydrogen) atoms. The zero-order valence-electron chi connectivity index (χ0n) is 10.3. The van der Waals surface area contributed by atoms with Crippen molar-refractivity contribution in [3.8, 4) is 5.75 Å². The van der Waals surface area contributed by atoms with Gasteiger partial charge in [-0.2, -0.15) is 0 Å². The standard InChI is InChI=1S/C12H17FN2O3/c1-3-18-9-5-4-7(6-8(9)13)11(15-2)10(14)12(16)17/h4-6,10-11,15H,3,14H2,1-2H3,(H,16,17). The molecular formula is C12H17FN2O3. The molecule has 0 fully saturated rings. The highest BCUT2D eigenvalue weighted by atomic mass is 19.1. The van der Waals surface area contributed by atoms with Crippen molar-refractivity contribution in [1.29, 1.82) is 0 Å². The van der Waals surface area contributed by atoms with Gasteiger partial charge in [0.2, 0.25) is 0 Å². The third-order valence-electron chi connectivity index (χ3n) is 2.57. The van der Waals surface area contributed by atoms with E-state index >= 15 is 0 Å². The number of aliphatic carboxylic acids is 1. The molecule has 0 aromatic heterocycles. The van der Waals surface area contributed by atoms with Gasteiger partial charge in [0.05, 0.1) is 12.6 Å². The van der Waals surface area contributed by atoms with Gasteiger partial charge in [-0.25, -0.2) is 4.39 Å². The number of halogens is 1. The Morgan fingerprint density at radius 3 is 2.72 bits per heavy atom. The Bertz CT molecular complexity index is 426. The van der Waals surface area contributed by atoms with E-state index in [9.17, 15) is 9.18 Å². The molecule has 1 rings (SSSR count). The summed E-state index contributed by atoms with van der Waals surface area (Å²) in [5, 5.41) is 11.6. The van der Waals surface area contributed by atoms with Gasteiger partial charge in [-0.05, 0) is 31.7 Å². The molecule has 2 unspecified atom stereocenters. The van der Waals surface area contributed by atoms with E-state index in [4.69, 9.17) is 15.6 Å². The lowest BCUT2D eigenvalue weighted by atomic mass is 10.00. The average Bonchev–Trinajstić information content (AvgIpc) is 2.33. The van der Waals surface area contributed by atoms with Crippen molar-refractivity contribution in [2.24, 2.45) is 5.73 Å². The van der Waals surface area contributed by atoms with E-state index in [-0.39, 0.29) is 5.75 Å². The summed E-state index contributed by atoms with van der Waals surface area (Å²) >= 11 is 0. The maximum Gasteiger partial charge on any atom is 0.322 e. The molecule has 1 aromatic carbocycles. The number of rotatable bonds is 6. The predicted molar refractivity (Wildman–Crippen MR) is 65.0 cm³/mol. The Kier molecular flexibility index (Phi) is 5.06. The minimum atomic E-state index is -1.15. The molecule has 6 heteroatoms. The molecule has 5 nitrogen and oxygen atoms in total. The van der Waals surface area contributed by atoms with Crippen LogP contribution in [0.5, 0.6) is 5.75 Å². The van der Waals surface area contributed by atoms with Gasteiger partial charge in [0.15, 0.2) is 11.6 Å². The number of ether oxygens (including phenoxy) is 1. The SMILES string of the molecule is CCOc1ccc(C(NC)C(N)C(=O)O)cc1F. The van der Waals surface area contributed by atoms with Crippen molar-refractivity contribution >= 4 is 5.97 Å². The minimum absolute atomic E-state index is 0.139. The van der Waals surface area contributed by atoms with E-state index in [1.807, 2.05) is 0 Å². The molecule has 0 amide bonds. The molecule has 0 saturated heterocycles. The molecule has 0 saturated carbocycles. The molecule has 0 aliphatic heterocycles. The van der Waals surface area contributed by atoms with Gasteiger partial charge in [0.1, 0.15) is 6.04 Å².